The molecular weight excluding hydrogens is 260 g/mol. The zero-order valence-corrected chi connectivity index (χ0v) is 11.1. The molecule has 8 heteroatoms. The molecule has 7 nitrogen and oxygen atoms in total. The van der Waals surface area contributed by atoms with Crippen LogP contribution in [-0.4, -0.2) is 44.9 Å². The molecule has 1 unspecified atom stereocenters. The van der Waals surface area contributed by atoms with Crippen LogP contribution in [0.2, 0.25) is 0 Å². The van der Waals surface area contributed by atoms with Crippen molar-refractivity contribution >= 4 is 30.5 Å². The van der Waals surface area contributed by atoms with Crippen molar-refractivity contribution in [3.8, 4) is 0 Å². The quantitative estimate of drug-likeness (QED) is 0.441. The second-order valence-corrected chi connectivity index (χ2v) is 5.62. The summed E-state index contributed by atoms with van der Waals surface area (Å²) in [6.07, 6.45) is 0.769. The fourth-order valence-electron chi connectivity index (χ4n) is 1.10. The number of rotatable bonds is 3. The number of carboxylic acid groups (broad SMARTS) is 2. The number of nitrogens with two attached hydrogens (primary N) is 1. The van der Waals surface area contributed by atoms with Crippen molar-refractivity contribution in [2.45, 2.75) is 43.5 Å². The van der Waals surface area contributed by atoms with Crippen LogP contribution in [0.25, 0.3) is 0 Å². The minimum Gasteiger partial charge on any atom is -0.480 e. The summed E-state index contributed by atoms with van der Waals surface area (Å²) in [6.45, 7) is 3.32. The summed E-state index contributed by atoms with van der Waals surface area (Å²) in [6, 6.07) is -1.54. The number of amides is 1. The lowest BCUT2D eigenvalue weighted by atomic mass is 10.1. The standard InChI is InChI=1S/C5H7NO3.C5H11NO2S/c7-4-2-1-3(6-4)5(8)9;1-5(2,9)3(6)4(7)8/h3H,1-2H2,(H,6,7)(H,8,9);3,9H,6H2,1-2H3,(H,7,8)/t3-;/m0./s1. The summed E-state index contributed by atoms with van der Waals surface area (Å²) < 4.78 is -0.647. The lowest BCUT2D eigenvalue weighted by molar-refractivity contribution is -0.140. The van der Waals surface area contributed by atoms with Crippen molar-refractivity contribution in [3.63, 3.8) is 0 Å². The van der Waals surface area contributed by atoms with E-state index in [1.54, 1.807) is 13.8 Å². The average molecular weight is 278 g/mol. The van der Waals surface area contributed by atoms with Gasteiger partial charge in [-0.05, 0) is 20.3 Å². The third kappa shape index (κ3) is 5.87. The van der Waals surface area contributed by atoms with E-state index in [2.05, 4.69) is 17.9 Å². The van der Waals surface area contributed by atoms with Crippen molar-refractivity contribution in [1.82, 2.24) is 5.32 Å². The number of aliphatic carboxylic acids is 2. The topological polar surface area (TPSA) is 130 Å². The Morgan fingerprint density at radius 1 is 1.50 bits per heavy atom. The lowest BCUT2D eigenvalue weighted by Gasteiger charge is -2.21. The number of nitrogens with one attached hydrogen (secondary N) is 1. The second kappa shape index (κ2) is 6.60. The molecule has 0 spiro atoms. The number of carbonyl (C=O) groups excluding carboxylic acids is 1. The van der Waals surface area contributed by atoms with Gasteiger partial charge < -0.3 is 21.3 Å². The van der Waals surface area contributed by atoms with Gasteiger partial charge in [0.2, 0.25) is 5.91 Å². The highest BCUT2D eigenvalue weighted by atomic mass is 32.1. The Morgan fingerprint density at radius 3 is 2.11 bits per heavy atom. The zero-order chi connectivity index (χ0) is 14.5. The largest absolute Gasteiger partial charge is 0.480 e. The molecule has 0 radical (unpaired) electrons. The van der Waals surface area contributed by atoms with Crippen LogP contribution in [0.4, 0.5) is 0 Å². The van der Waals surface area contributed by atoms with Gasteiger partial charge in [-0.3, -0.25) is 9.59 Å². The summed E-state index contributed by atoms with van der Waals surface area (Å²) in [7, 11) is 0. The molecule has 0 aromatic carbocycles. The number of carbonyl (C=O) groups is 3. The van der Waals surface area contributed by atoms with Crippen LogP contribution in [0.15, 0.2) is 0 Å². The molecule has 2 atom stereocenters. The van der Waals surface area contributed by atoms with Gasteiger partial charge >= 0.3 is 11.9 Å². The highest BCUT2D eigenvalue weighted by molar-refractivity contribution is 7.81. The first-order valence-electron chi connectivity index (χ1n) is 5.28. The molecule has 0 aromatic rings. The molecule has 0 aliphatic carbocycles. The molecule has 1 saturated heterocycles. The van der Waals surface area contributed by atoms with E-state index in [0.29, 0.717) is 12.8 Å². The third-order valence-corrected chi connectivity index (χ3v) is 2.60. The van der Waals surface area contributed by atoms with E-state index in [0.717, 1.165) is 0 Å². The molecule has 0 aromatic heterocycles. The molecule has 1 fully saturated rings. The summed E-state index contributed by atoms with van der Waals surface area (Å²) in [5.74, 6) is -2.13. The molecular formula is C10H18N2O5S. The van der Waals surface area contributed by atoms with E-state index in [9.17, 15) is 14.4 Å². The van der Waals surface area contributed by atoms with Crippen LogP contribution in [0.3, 0.4) is 0 Å². The predicted octanol–water partition coefficient (Wildman–Crippen LogP) is -0.544. The van der Waals surface area contributed by atoms with Crippen LogP contribution in [0.1, 0.15) is 26.7 Å². The SMILES string of the molecule is CC(C)(S)C(N)C(=O)O.O=C1CC[C@@H](C(=O)O)N1. The van der Waals surface area contributed by atoms with Crippen molar-refractivity contribution in [3.05, 3.63) is 0 Å². The first kappa shape index (κ1) is 16.7. The molecule has 1 rings (SSSR count). The fraction of sp³-hybridized carbons (Fsp3) is 0.700. The molecule has 1 aliphatic heterocycles. The molecule has 104 valence electrons. The summed E-state index contributed by atoms with van der Waals surface area (Å²) in [5.41, 5.74) is 5.22. The van der Waals surface area contributed by atoms with Crippen LogP contribution in [0, 0.1) is 0 Å². The van der Waals surface area contributed by atoms with Crippen molar-refractivity contribution in [2.75, 3.05) is 0 Å². The van der Waals surface area contributed by atoms with Crippen LogP contribution in [-0.2, 0) is 14.4 Å². The zero-order valence-electron chi connectivity index (χ0n) is 10.2. The van der Waals surface area contributed by atoms with Gasteiger partial charge in [0, 0.05) is 11.2 Å². The Hall–Kier alpha value is -1.28. The lowest BCUT2D eigenvalue weighted by Crippen LogP contribution is -2.45. The van der Waals surface area contributed by atoms with E-state index < -0.39 is 28.8 Å². The summed E-state index contributed by atoms with van der Waals surface area (Å²) >= 11 is 3.98. The van der Waals surface area contributed by atoms with E-state index in [1.807, 2.05) is 0 Å². The maximum atomic E-state index is 10.4. The average Bonchev–Trinajstić information content (AvgIpc) is 2.63. The third-order valence-electron chi connectivity index (χ3n) is 2.32. The Morgan fingerprint density at radius 2 is 2.00 bits per heavy atom. The number of carboxylic acids is 2. The van der Waals surface area contributed by atoms with Gasteiger partial charge in [0.15, 0.2) is 0 Å². The first-order chi connectivity index (χ1) is 8.05. The van der Waals surface area contributed by atoms with E-state index in [1.165, 1.54) is 0 Å². The Labute approximate surface area is 110 Å². The van der Waals surface area contributed by atoms with Gasteiger partial charge in [0.1, 0.15) is 12.1 Å². The highest BCUT2D eigenvalue weighted by Crippen LogP contribution is 2.15. The fourth-order valence-corrected chi connectivity index (χ4v) is 1.21. The maximum absolute atomic E-state index is 10.4. The monoisotopic (exact) mass is 278 g/mol. The minimum absolute atomic E-state index is 0.164. The van der Waals surface area contributed by atoms with Gasteiger partial charge in [-0.2, -0.15) is 12.6 Å². The Bertz CT molecular complexity index is 340. The summed E-state index contributed by atoms with van der Waals surface area (Å²) in [5, 5.41) is 19.0. The van der Waals surface area contributed by atoms with Crippen LogP contribution < -0.4 is 11.1 Å². The molecule has 18 heavy (non-hydrogen) atoms. The first-order valence-corrected chi connectivity index (χ1v) is 5.73. The van der Waals surface area contributed by atoms with Crippen LogP contribution >= 0.6 is 12.6 Å². The van der Waals surface area contributed by atoms with E-state index in [-0.39, 0.29) is 5.91 Å². The van der Waals surface area contributed by atoms with Gasteiger partial charge in [0.05, 0.1) is 0 Å². The molecule has 0 saturated carbocycles. The van der Waals surface area contributed by atoms with Crippen molar-refractivity contribution in [1.29, 1.82) is 0 Å². The minimum atomic E-state index is -1.02. The Kier molecular flexibility index (Phi) is 6.13. The molecule has 0 bridgehead atoms. The van der Waals surface area contributed by atoms with Gasteiger partial charge in [-0.25, -0.2) is 4.79 Å². The normalized spacial score (nSPS) is 20.4. The Balaban J connectivity index is 0.000000321. The number of hydrogen-bond acceptors (Lipinski definition) is 5. The van der Waals surface area contributed by atoms with Gasteiger partial charge in [0.25, 0.3) is 0 Å². The molecule has 1 heterocycles. The smallest absolute Gasteiger partial charge is 0.326 e. The van der Waals surface area contributed by atoms with E-state index >= 15 is 0 Å². The molecule has 1 amide bonds. The van der Waals surface area contributed by atoms with E-state index in [4.69, 9.17) is 15.9 Å². The van der Waals surface area contributed by atoms with Gasteiger partial charge in [-0.15, -0.1) is 0 Å². The van der Waals surface area contributed by atoms with Gasteiger partial charge in [-0.1, -0.05) is 0 Å². The molecule has 1 aliphatic rings. The second-order valence-electron chi connectivity index (χ2n) is 4.47. The molecule has 5 N–H and O–H groups in total. The number of hydrogen-bond donors (Lipinski definition) is 5. The number of thiol groups is 1. The summed E-state index contributed by atoms with van der Waals surface area (Å²) in [4.78, 5) is 30.7. The van der Waals surface area contributed by atoms with Crippen molar-refractivity contribution < 1.29 is 24.6 Å². The maximum Gasteiger partial charge on any atom is 0.326 e. The van der Waals surface area contributed by atoms with Crippen molar-refractivity contribution in [2.24, 2.45) is 5.73 Å². The predicted molar refractivity (Wildman–Crippen MR) is 67.5 cm³/mol. The highest BCUT2D eigenvalue weighted by Gasteiger charge is 2.27. The van der Waals surface area contributed by atoms with Crippen LogP contribution in [0.5, 0.6) is 0 Å².